The van der Waals surface area contributed by atoms with Crippen LogP contribution >= 0.6 is 0 Å². The second kappa shape index (κ2) is 4.80. The maximum atomic E-state index is 11.7. The molecule has 6 nitrogen and oxygen atoms in total. The highest BCUT2D eigenvalue weighted by Gasteiger charge is 2.32. The Balaban J connectivity index is 2.40. The molecule has 1 aliphatic heterocycles. The molecule has 2 heterocycles. The summed E-state index contributed by atoms with van der Waals surface area (Å²) in [5, 5.41) is 9.68. The predicted molar refractivity (Wildman–Crippen MR) is 64.1 cm³/mol. The van der Waals surface area contributed by atoms with Gasteiger partial charge in [-0.15, -0.1) is 5.92 Å². The zero-order chi connectivity index (χ0) is 14.0. The highest BCUT2D eigenvalue weighted by molar-refractivity contribution is 5.28. The van der Waals surface area contributed by atoms with Gasteiger partial charge in [-0.25, -0.2) is 4.79 Å². The van der Waals surface area contributed by atoms with Gasteiger partial charge in [-0.05, 0) is 13.8 Å². The molecule has 1 unspecified atom stereocenters. The zero-order valence-electron chi connectivity index (χ0n) is 10.8. The van der Waals surface area contributed by atoms with Crippen molar-refractivity contribution >= 4 is 0 Å². The van der Waals surface area contributed by atoms with Gasteiger partial charge in [-0.3, -0.25) is 14.3 Å². The molecule has 2 N–H and O–H groups in total. The number of rotatable bonds is 1. The number of aromatic amines is 1. The van der Waals surface area contributed by atoms with Crippen LogP contribution in [0.2, 0.25) is 0 Å². The summed E-state index contributed by atoms with van der Waals surface area (Å²) in [5.74, 6) is 5.18. The Morgan fingerprint density at radius 1 is 1.67 bits per heavy atom. The number of nitrogens with zero attached hydrogens (tertiary/aromatic N) is 1. The topological polar surface area (TPSA) is 84.3 Å². The van der Waals surface area contributed by atoms with Crippen molar-refractivity contribution in [1.82, 2.24) is 9.55 Å². The quantitative estimate of drug-likeness (QED) is 0.664. The summed E-state index contributed by atoms with van der Waals surface area (Å²) in [6.45, 7) is 1.50. The first-order valence-corrected chi connectivity index (χ1v) is 5.47. The number of aromatic nitrogens is 2. The highest BCUT2D eigenvalue weighted by atomic mass is 16.5. The fourth-order valence-electron chi connectivity index (χ4n) is 1.81. The second-order valence-electron chi connectivity index (χ2n) is 4.02. The van der Waals surface area contributed by atoms with Gasteiger partial charge in [-0.1, -0.05) is 5.92 Å². The van der Waals surface area contributed by atoms with Crippen LogP contribution in [0, 0.1) is 11.8 Å². The van der Waals surface area contributed by atoms with Crippen LogP contribution in [0.15, 0.2) is 15.8 Å². The molecule has 0 radical (unpaired) electrons. The van der Waals surface area contributed by atoms with E-state index in [-0.39, 0.29) is 18.9 Å². The van der Waals surface area contributed by atoms with E-state index in [1.54, 1.807) is 6.92 Å². The molecule has 0 bridgehead atoms. The third kappa shape index (κ3) is 2.23. The Kier molecular flexibility index (Phi) is 3.00. The minimum atomic E-state index is -0.790. The van der Waals surface area contributed by atoms with E-state index in [4.69, 9.17) is 6.11 Å². The summed E-state index contributed by atoms with van der Waals surface area (Å²) in [6, 6.07) is 0. The molecular weight excluding hydrogens is 236 g/mol. The van der Waals surface area contributed by atoms with Gasteiger partial charge >= 0.3 is 5.69 Å². The van der Waals surface area contributed by atoms with Crippen molar-refractivity contribution in [2.24, 2.45) is 0 Å². The van der Waals surface area contributed by atoms with E-state index >= 15 is 0 Å². The number of hydrogen-bond acceptors (Lipinski definition) is 4. The number of aliphatic hydroxyl groups excluding tert-OH is 1. The molecule has 1 aliphatic rings. The lowest BCUT2D eigenvalue weighted by Crippen LogP contribution is -2.33. The van der Waals surface area contributed by atoms with E-state index in [9.17, 15) is 14.7 Å². The molecule has 96 valence electrons. The third-order valence-electron chi connectivity index (χ3n) is 2.74. The zero-order valence-corrected chi connectivity index (χ0v) is 9.84. The molecule has 0 saturated carbocycles. The average molecular weight is 251 g/mol. The van der Waals surface area contributed by atoms with E-state index in [2.05, 4.69) is 16.8 Å². The lowest BCUT2D eigenvalue weighted by Gasteiger charge is -2.13. The minimum Gasteiger partial charge on any atom is -0.390 e. The third-order valence-corrected chi connectivity index (χ3v) is 2.74. The Labute approximate surface area is 105 Å². The van der Waals surface area contributed by atoms with E-state index < -0.39 is 29.7 Å². The number of H-pyrrole nitrogens is 1. The summed E-state index contributed by atoms with van der Waals surface area (Å²) in [4.78, 5) is 25.4. The molecule has 2 rings (SSSR count). The van der Waals surface area contributed by atoms with Crippen LogP contribution in [0.4, 0.5) is 0 Å². The van der Waals surface area contributed by atoms with Crippen LogP contribution in [0.5, 0.6) is 0 Å². The number of hydrogen-bond donors (Lipinski definition) is 2. The van der Waals surface area contributed by atoms with Crippen molar-refractivity contribution in [3.63, 3.8) is 0 Å². The standard InChI is InChI=1S/C12H14N2O4/c1-3-4-8-6-14(12(17)13-11(8)16)10-5-9(15)7(2)18-10/h6-7,9-10,15H,5H2,1-2H3,(H,13,16,17)/t7-,9?,10-/m1/s1/i2D. The van der Waals surface area contributed by atoms with Crippen molar-refractivity contribution in [3.05, 3.63) is 32.6 Å². The van der Waals surface area contributed by atoms with Crippen LogP contribution in [-0.2, 0) is 4.74 Å². The highest BCUT2D eigenvalue weighted by Crippen LogP contribution is 2.26. The Hall–Kier alpha value is -1.84. The van der Waals surface area contributed by atoms with E-state index in [0.717, 1.165) is 0 Å². The van der Waals surface area contributed by atoms with Gasteiger partial charge in [0.15, 0.2) is 0 Å². The van der Waals surface area contributed by atoms with Gasteiger partial charge in [-0.2, -0.15) is 0 Å². The van der Waals surface area contributed by atoms with Gasteiger partial charge in [0, 0.05) is 14.0 Å². The largest absolute Gasteiger partial charge is 0.390 e. The minimum absolute atomic E-state index is 0.0859. The van der Waals surface area contributed by atoms with Gasteiger partial charge in [0.25, 0.3) is 5.56 Å². The SMILES string of the molecule is [2H]C[C@H]1O[C@@H](n2cc(C#CC)c(=O)[nH]c2=O)CC1O. The maximum absolute atomic E-state index is 11.7. The Morgan fingerprint density at radius 2 is 2.44 bits per heavy atom. The van der Waals surface area contributed by atoms with Gasteiger partial charge in [0.2, 0.25) is 0 Å². The molecule has 0 amide bonds. The first-order chi connectivity index (χ1) is 9.06. The fraction of sp³-hybridized carbons (Fsp3) is 0.500. The van der Waals surface area contributed by atoms with Crippen molar-refractivity contribution in [2.75, 3.05) is 0 Å². The molecule has 0 aromatic carbocycles. The van der Waals surface area contributed by atoms with Crippen molar-refractivity contribution in [3.8, 4) is 11.8 Å². The number of ether oxygens (including phenoxy) is 1. The molecule has 1 aromatic rings. The summed E-state index contributed by atoms with van der Waals surface area (Å²) >= 11 is 0. The van der Waals surface area contributed by atoms with E-state index in [1.165, 1.54) is 10.8 Å². The normalized spacial score (nSPS) is 27.4. The second-order valence-corrected chi connectivity index (χ2v) is 4.02. The summed E-state index contributed by atoms with van der Waals surface area (Å²) in [6.07, 6.45) is -0.575. The monoisotopic (exact) mass is 251 g/mol. The van der Waals surface area contributed by atoms with Crippen molar-refractivity contribution < 1.29 is 11.2 Å². The fourth-order valence-corrected chi connectivity index (χ4v) is 1.81. The molecule has 0 aliphatic carbocycles. The summed E-state index contributed by atoms with van der Waals surface area (Å²) in [5.41, 5.74) is -1.00. The number of nitrogens with one attached hydrogen (secondary N) is 1. The first kappa shape index (κ1) is 11.3. The maximum Gasteiger partial charge on any atom is 0.330 e. The van der Waals surface area contributed by atoms with E-state index in [1.807, 2.05) is 0 Å². The van der Waals surface area contributed by atoms with Crippen molar-refractivity contribution in [1.29, 1.82) is 0 Å². The Bertz CT molecular complexity index is 640. The first-order valence-electron chi connectivity index (χ1n) is 6.18. The molecule has 1 saturated heterocycles. The van der Waals surface area contributed by atoms with Crippen LogP contribution in [0.1, 0.15) is 33.4 Å². The van der Waals surface area contributed by atoms with Gasteiger partial charge < -0.3 is 9.84 Å². The van der Waals surface area contributed by atoms with Crippen LogP contribution in [0.3, 0.4) is 0 Å². The summed E-state index contributed by atoms with van der Waals surface area (Å²) < 4.78 is 13.8. The molecule has 1 fully saturated rings. The molecule has 0 spiro atoms. The van der Waals surface area contributed by atoms with E-state index in [0.29, 0.717) is 0 Å². The van der Waals surface area contributed by atoms with Gasteiger partial charge in [0.05, 0.1) is 12.2 Å². The molecule has 18 heavy (non-hydrogen) atoms. The van der Waals surface area contributed by atoms with Gasteiger partial charge in [0.1, 0.15) is 11.8 Å². The van der Waals surface area contributed by atoms with Crippen LogP contribution < -0.4 is 11.2 Å². The molecule has 3 atom stereocenters. The lowest BCUT2D eigenvalue weighted by atomic mass is 10.2. The Morgan fingerprint density at radius 3 is 3.06 bits per heavy atom. The molecule has 6 heteroatoms. The predicted octanol–water partition coefficient (Wildman–Crippen LogP) is -0.424. The summed E-state index contributed by atoms with van der Waals surface area (Å²) in [7, 11) is 0. The molecular formula is C12H14N2O4. The van der Waals surface area contributed by atoms with Crippen LogP contribution in [0.25, 0.3) is 0 Å². The average Bonchev–Trinajstić information content (AvgIpc) is 2.74. The number of aliphatic hydroxyl groups is 1. The smallest absolute Gasteiger partial charge is 0.330 e. The lowest BCUT2D eigenvalue weighted by molar-refractivity contribution is -0.0101. The molecule has 1 aromatic heterocycles. The van der Waals surface area contributed by atoms with Crippen LogP contribution in [-0.4, -0.2) is 26.9 Å². The van der Waals surface area contributed by atoms with Crippen molar-refractivity contribution in [2.45, 2.75) is 38.7 Å².